The first kappa shape index (κ1) is 32.5. The number of halogens is 6. The maximum absolute atomic E-state index is 7.28. The molecular weight excluding hydrogens is 700 g/mol. The second-order valence-corrected chi connectivity index (χ2v) is 19.1. The fourth-order valence-corrected chi connectivity index (χ4v) is 12.3. The van der Waals surface area contributed by atoms with Crippen LogP contribution >= 0.6 is 69.6 Å². The number of alkyl halides is 6. The van der Waals surface area contributed by atoms with E-state index in [-0.39, 0.29) is 0 Å². The van der Waals surface area contributed by atoms with Gasteiger partial charge in [-0.1, -0.05) is 185 Å². The van der Waals surface area contributed by atoms with E-state index >= 15 is 0 Å². The molecule has 0 atom stereocenters. The maximum Gasteiger partial charge on any atom is 1.09 e. The number of benzene rings is 5. The highest BCUT2D eigenvalue weighted by Gasteiger charge is 2.53. The van der Waals surface area contributed by atoms with Crippen molar-refractivity contribution in [1.82, 2.24) is 0 Å². The zero-order valence-corrected chi connectivity index (χ0v) is 29.0. The van der Waals surface area contributed by atoms with Crippen LogP contribution in [0.5, 0.6) is 11.5 Å². The molecule has 218 valence electrons. The molecule has 0 N–H and O–H groups in total. The average Bonchev–Trinajstić information content (AvgIpc) is 3.01. The van der Waals surface area contributed by atoms with Crippen LogP contribution < -0.4 is 23.1 Å². The van der Waals surface area contributed by atoms with Crippen molar-refractivity contribution in [2.24, 2.45) is 0 Å². The lowest BCUT2D eigenvalue weighted by molar-refractivity contribution is 0.309. The molecule has 0 aliphatic carbocycles. The van der Waals surface area contributed by atoms with Crippen molar-refractivity contribution in [2.45, 2.75) is 7.59 Å². The van der Waals surface area contributed by atoms with Gasteiger partial charge in [-0.25, -0.2) is 0 Å². The Hall–Kier alpha value is -1.85. The first-order valence-electron chi connectivity index (χ1n) is 13.1. The van der Waals surface area contributed by atoms with Crippen LogP contribution in [0.15, 0.2) is 140 Å². The predicted octanol–water partition coefficient (Wildman–Crippen LogP) is 8.47. The maximum atomic E-state index is 7.28. The highest BCUT2D eigenvalue weighted by atomic mass is 35.6. The van der Waals surface area contributed by atoms with Gasteiger partial charge in [0.05, 0.1) is 11.5 Å². The van der Waals surface area contributed by atoms with Crippen LogP contribution in [0, 0.1) is 0 Å². The Labute approximate surface area is 287 Å². The summed E-state index contributed by atoms with van der Waals surface area (Å²) < 4.78 is 17.2. The molecule has 0 radical (unpaired) electrons. The summed E-state index contributed by atoms with van der Waals surface area (Å²) in [6.07, 6.45) is 0. The molecule has 3 nitrogen and oxygen atoms in total. The van der Waals surface area contributed by atoms with Crippen LogP contribution in [-0.4, -0.2) is 23.5 Å². The van der Waals surface area contributed by atoms with E-state index in [9.17, 15) is 0 Å². The molecule has 0 fully saturated rings. The zero-order valence-electron chi connectivity index (χ0n) is 22.3. The standard InChI is InChI=1S/C18H15OSi.2C7H5Cl3O.Al/c19-20(16-10-4-1-5-11-16,17-12-6-2-7-13-17)18-14-8-3-9-15-18;2*8-7(9,10)5-1-3-6(11)4-2-5;/h1-15H;2*1-4,11H;/q-1;;;+3/p-2. The van der Waals surface area contributed by atoms with Crippen LogP contribution in [0.4, 0.5) is 0 Å². The van der Waals surface area contributed by atoms with Gasteiger partial charge in [0.25, 0.3) is 8.32 Å². The SMILES string of the molecule is ClC(Cl)(Cl)c1ccc([O][Al]([O]c2ccc(C(Cl)(Cl)Cl)cc2)[O][Si](c2ccccc2)(c2ccccc2)c2ccccc2)cc1. The minimum atomic E-state index is -3.19. The molecule has 0 heterocycles. The molecule has 0 saturated heterocycles. The Morgan fingerprint density at radius 3 is 1.00 bits per heavy atom. The fourth-order valence-electron chi connectivity index (χ4n) is 4.61. The average molecular weight is 723 g/mol. The van der Waals surface area contributed by atoms with E-state index in [1.807, 2.05) is 54.6 Å². The number of hydrogen-bond donors (Lipinski definition) is 0. The molecule has 0 bridgehead atoms. The molecule has 0 saturated carbocycles. The molecular formula is C32H23AlCl6O3Si. The highest BCUT2D eigenvalue weighted by Crippen LogP contribution is 2.39. The highest BCUT2D eigenvalue weighted by molar-refractivity contribution is 7.09. The zero-order chi connectivity index (χ0) is 30.5. The largest absolute Gasteiger partial charge is 1.09 e. The lowest BCUT2D eigenvalue weighted by atomic mass is 10.2. The van der Waals surface area contributed by atoms with Crippen LogP contribution in [0.2, 0.25) is 0 Å². The quantitative estimate of drug-likeness (QED) is 0.0869. The molecule has 0 spiro atoms. The van der Waals surface area contributed by atoms with Crippen LogP contribution in [0.25, 0.3) is 0 Å². The molecule has 0 amide bonds. The Balaban J connectivity index is 1.62. The van der Waals surface area contributed by atoms with Crippen molar-refractivity contribution in [3.05, 3.63) is 151 Å². The van der Waals surface area contributed by atoms with E-state index in [0.717, 1.165) is 15.6 Å². The van der Waals surface area contributed by atoms with Crippen LogP contribution in [0.3, 0.4) is 0 Å². The second kappa shape index (κ2) is 14.1. The van der Waals surface area contributed by atoms with E-state index in [4.69, 9.17) is 80.7 Å². The topological polar surface area (TPSA) is 27.7 Å². The Morgan fingerprint density at radius 1 is 0.419 bits per heavy atom. The molecule has 5 aromatic carbocycles. The van der Waals surface area contributed by atoms with E-state index in [2.05, 4.69) is 36.4 Å². The van der Waals surface area contributed by atoms with Crippen molar-refractivity contribution in [3.63, 3.8) is 0 Å². The second-order valence-electron chi connectivity index (χ2n) is 9.47. The third-order valence-electron chi connectivity index (χ3n) is 6.64. The van der Waals surface area contributed by atoms with E-state index in [1.165, 1.54) is 0 Å². The molecule has 5 rings (SSSR count). The van der Waals surface area contributed by atoms with Gasteiger partial charge in [-0.2, -0.15) is 0 Å². The van der Waals surface area contributed by atoms with Crippen molar-refractivity contribution in [3.8, 4) is 11.5 Å². The van der Waals surface area contributed by atoms with Gasteiger partial charge >= 0.3 is 15.1 Å². The van der Waals surface area contributed by atoms with E-state index < -0.39 is 31.1 Å². The molecule has 11 heteroatoms. The summed E-state index contributed by atoms with van der Waals surface area (Å²) in [5.41, 5.74) is 1.02. The first-order chi connectivity index (χ1) is 20.6. The summed E-state index contributed by atoms with van der Waals surface area (Å²) in [7, 11) is -3.19. The summed E-state index contributed by atoms with van der Waals surface area (Å²) in [6.45, 7) is 0. The van der Waals surface area contributed by atoms with Crippen molar-refractivity contribution < 1.29 is 11.1 Å². The summed E-state index contributed by atoms with van der Waals surface area (Å²) in [5, 5.41) is 3.11. The molecule has 0 aliphatic rings. The number of hydrogen-bond acceptors (Lipinski definition) is 3. The summed E-state index contributed by atoms with van der Waals surface area (Å²) in [6, 6.07) is 44.2. The summed E-state index contributed by atoms with van der Waals surface area (Å²) >= 11 is 33.4. The lowest BCUT2D eigenvalue weighted by Gasteiger charge is -2.35. The first-order valence-corrected chi connectivity index (χ1v) is 18.7. The third-order valence-corrected chi connectivity index (χ3v) is 14.5. The van der Waals surface area contributed by atoms with Gasteiger partial charge in [-0.3, -0.25) is 0 Å². The van der Waals surface area contributed by atoms with Gasteiger partial charge in [-0.05, 0) is 39.8 Å². The normalized spacial score (nSPS) is 12.0. The molecule has 0 aromatic heterocycles. The third kappa shape index (κ3) is 8.06. The van der Waals surface area contributed by atoms with Gasteiger partial charge in [0.15, 0.2) is 0 Å². The predicted molar refractivity (Wildman–Crippen MR) is 183 cm³/mol. The van der Waals surface area contributed by atoms with Crippen molar-refractivity contribution >= 4 is 109 Å². The number of rotatable bonds is 9. The molecule has 0 aliphatic heterocycles. The van der Waals surface area contributed by atoms with Gasteiger partial charge < -0.3 is 11.1 Å². The summed E-state index contributed by atoms with van der Waals surface area (Å²) in [5.74, 6) is 1.01. The van der Waals surface area contributed by atoms with E-state index in [1.54, 1.807) is 48.5 Å². The summed E-state index contributed by atoms with van der Waals surface area (Å²) in [4.78, 5) is 0. The van der Waals surface area contributed by atoms with Crippen molar-refractivity contribution in [2.75, 3.05) is 0 Å². The van der Waals surface area contributed by atoms with E-state index in [0.29, 0.717) is 22.6 Å². The van der Waals surface area contributed by atoms with Gasteiger partial charge in [0, 0.05) is 11.1 Å². The van der Waals surface area contributed by atoms with Crippen LogP contribution in [0.1, 0.15) is 11.1 Å². The van der Waals surface area contributed by atoms with Gasteiger partial charge in [-0.15, -0.1) is 0 Å². The van der Waals surface area contributed by atoms with Gasteiger partial charge in [0.2, 0.25) is 7.59 Å². The smallest absolute Gasteiger partial charge is 0.589 e. The molecule has 5 aromatic rings. The van der Waals surface area contributed by atoms with Crippen molar-refractivity contribution in [1.29, 1.82) is 0 Å². The Bertz CT molecular complexity index is 1440. The van der Waals surface area contributed by atoms with Gasteiger partial charge in [0.1, 0.15) is 0 Å². The van der Waals surface area contributed by atoms with Crippen LogP contribution in [-0.2, 0) is 11.1 Å². The Kier molecular flexibility index (Phi) is 10.6. The Morgan fingerprint density at radius 2 is 0.721 bits per heavy atom. The lowest BCUT2D eigenvalue weighted by Crippen LogP contribution is -2.72. The molecule has 0 unspecified atom stereocenters. The minimum absolute atomic E-state index is 0.504. The minimum Gasteiger partial charge on any atom is -0.589 e. The molecule has 43 heavy (non-hydrogen) atoms. The fraction of sp³-hybridized carbons (Fsp3) is 0.0625. The monoisotopic (exact) mass is 720 g/mol.